The molecule has 0 aliphatic heterocycles. The first kappa shape index (κ1) is 15.6. The molecule has 1 aromatic heterocycles. The first-order chi connectivity index (χ1) is 10.1. The molecule has 1 heterocycles. The number of hydrogen-bond acceptors (Lipinski definition) is 5. The van der Waals surface area contributed by atoms with Crippen LogP contribution in [0.15, 0.2) is 35.5 Å². The second-order valence-corrected chi connectivity index (χ2v) is 5.34. The Balaban J connectivity index is 2.32. The van der Waals surface area contributed by atoms with Gasteiger partial charge in [-0.1, -0.05) is 24.8 Å². The van der Waals surface area contributed by atoms with E-state index in [0.717, 1.165) is 30.3 Å². The fraction of sp³-hybridized carbons (Fsp3) is 0.333. The van der Waals surface area contributed by atoms with Crippen molar-refractivity contribution in [3.63, 3.8) is 0 Å². The summed E-state index contributed by atoms with van der Waals surface area (Å²) < 4.78 is 13.4. The van der Waals surface area contributed by atoms with E-state index in [-0.39, 0.29) is 5.82 Å². The normalized spacial score (nSPS) is 10.5. The summed E-state index contributed by atoms with van der Waals surface area (Å²) in [5.74, 6) is 1.26. The Morgan fingerprint density at radius 3 is 2.76 bits per heavy atom. The molecule has 0 aliphatic rings. The Labute approximate surface area is 128 Å². The van der Waals surface area contributed by atoms with Crippen molar-refractivity contribution >= 4 is 29.1 Å². The summed E-state index contributed by atoms with van der Waals surface area (Å²) in [6.45, 7) is 2.96. The van der Waals surface area contributed by atoms with Gasteiger partial charge in [0.05, 0.1) is 0 Å². The Morgan fingerprint density at radius 2 is 2.10 bits per heavy atom. The first-order valence-corrected chi connectivity index (χ1v) is 8.02. The van der Waals surface area contributed by atoms with E-state index < -0.39 is 0 Å². The molecule has 0 saturated carbocycles. The van der Waals surface area contributed by atoms with Gasteiger partial charge in [-0.2, -0.15) is 0 Å². The largest absolute Gasteiger partial charge is 0.370 e. The number of nitrogens with one attached hydrogen (secondary N) is 1. The third-order valence-corrected chi connectivity index (χ3v) is 3.52. The van der Waals surface area contributed by atoms with Gasteiger partial charge in [0.15, 0.2) is 5.16 Å². The van der Waals surface area contributed by atoms with Crippen molar-refractivity contribution in [2.75, 3.05) is 30.1 Å². The van der Waals surface area contributed by atoms with Gasteiger partial charge in [0, 0.05) is 25.3 Å². The lowest BCUT2D eigenvalue weighted by Crippen LogP contribution is -2.13. The van der Waals surface area contributed by atoms with Gasteiger partial charge in [-0.25, -0.2) is 14.4 Å². The molecule has 0 atom stereocenters. The fourth-order valence-corrected chi connectivity index (χ4v) is 2.21. The zero-order chi connectivity index (χ0) is 15.2. The predicted octanol–water partition coefficient (Wildman–Crippen LogP) is 3.93. The number of hydrogen-bond donors (Lipinski definition) is 1. The molecule has 0 fully saturated rings. The third kappa shape index (κ3) is 4.07. The monoisotopic (exact) mass is 306 g/mol. The van der Waals surface area contributed by atoms with Crippen LogP contribution in [0.1, 0.15) is 13.3 Å². The van der Waals surface area contributed by atoms with Gasteiger partial charge in [0.2, 0.25) is 0 Å². The van der Waals surface area contributed by atoms with E-state index in [9.17, 15) is 4.39 Å². The van der Waals surface area contributed by atoms with Gasteiger partial charge in [0.25, 0.3) is 0 Å². The van der Waals surface area contributed by atoms with E-state index in [0.29, 0.717) is 5.16 Å². The Bertz CT molecular complexity index is 606. The van der Waals surface area contributed by atoms with Crippen LogP contribution in [0.4, 0.5) is 21.7 Å². The number of anilines is 3. The Hall–Kier alpha value is -1.82. The van der Waals surface area contributed by atoms with Gasteiger partial charge in [-0.15, -0.1) is 0 Å². The lowest BCUT2D eigenvalue weighted by atomic mass is 10.3. The molecule has 0 bridgehead atoms. The van der Waals surface area contributed by atoms with Crippen LogP contribution in [0.5, 0.6) is 0 Å². The minimum atomic E-state index is -0.261. The van der Waals surface area contributed by atoms with Crippen molar-refractivity contribution in [1.29, 1.82) is 0 Å². The molecule has 0 amide bonds. The van der Waals surface area contributed by atoms with Crippen molar-refractivity contribution in [3.05, 3.63) is 36.1 Å². The summed E-state index contributed by atoms with van der Waals surface area (Å²) >= 11 is 1.48. The summed E-state index contributed by atoms with van der Waals surface area (Å²) in [6, 6.07) is 8.33. The number of halogens is 1. The lowest BCUT2D eigenvalue weighted by Gasteiger charge is -2.19. The molecule has 112 valence electrons. The van der Waals surface area contributed by atoms with Crippen LogP contribution in [0.2, 0.25) is 0 Å². The van der Waals surface area contributed by atoms with Gasteiger partial charge in [-0.3, -0.25) is 0 Å². The van der Waals surface area contributed by atoms with Gasteiger partial charge < -0.3 is 10.2 Å². The zero-order valence-corrected chi connectivity index (χ0v) is 13.2. The standard InChI is InChI=1S/C15H19FN4S/c1-4-8-17-13-10-14(19-15(18-13)21-3)20(2)12-7-5-6-11(16)9-12/h5-7,9-10H,4,8H2,1-3H3,(H,17,18,19). The van der Waals surface area contributed by atoms with Crippen molar-refractivity contribution in [1.82, 2.24) is 9.97 Å². The van der Waals surface area contributed by atoms with Crippen LogP contribution in [0, 0.1) is 5.82 Å². The summed E-state index contributed by atoms with van der Waals surface area (Å²) in [5.41, 5.74) is 0.752. The van der Waals surface area contributed by atoms with Crippen LogP contribution in [-0.2, 0) is 0 Å². The van der Waals surface area contributed by atoms with Crippen LogP contribution in [-0.4, -0.2) is 29.8 Å². The quantitative estimate of drug-likeness (QED) is 0.647. The molecule has 21 heavy (non-hydrogen) atoms. The predicted molar refractivity (Wildman–Crippen MR) is 87.1 cm³/mol. The molecular formula is C15H19FN4S. The van der Waals surface area contributed by atoms with Crippen molar-refractivity contribution in [2.45, 2.75) is 18.5 Å². The summed E-state index contributed by atoms with van der Waals surface area (Å²) in [7, 11) is 1.87. The maximum absolute atomic E-state index is 13.4. The maximum atomic E-state index is 13.4. The topological polar surface area (TPSA) is 41.0 Å². The summed E-state index contributed by atoms with van der Waals surface area (Å²) in [6.07, 6.45) is 2.96. The molecule has 0 saturated heterocycles. The molecule has 1 aromatic carbocycles. The third-order valence-electron chi connectivity index (χ3n) is 2.97. The van der Waals surface area contributed by atoms with Crippen LogP contribution < -0.4 is 10.2 Å². The molecule has 0 radical (unpaired) electrons. The first-order valence-electron chi connectivity index (χ1n) is 6.80. The zero-order valence-electron chi connectivity index (χ0n) is 12.4. The van der Waals surface area contributed by atoms with E-state index in [4.69, 9.17) is 0 Å². The van der Waals surface area contributed by atoms with E-state index in [2.05, 4.69) is 22.2 Å². The molecule has 6 heteroatoms. The van der Waals surface area contributed by atoms with Crippen LogP contribution in [0.3, 0.4) is 0 Å². The average Bonchev–Trinajstić information content (AvgIpc) is 2.51. The number of nitrogens with zero attached hydrogens (tertiary/aromatic N) is 3. The molecule has 0 unspecified atom stereocenters. The number of benzene rings is 1. The number of thioether (sulfide) groups is 1. The fourth-order valence-electron chi connectivity index (χ4n) is 1.84. The maximum Gasteiger partial charge on any atom is 0.191 e. The Kier molecular flexibility index (Phi) is 5.38. The highest BCUT2D eigenvalue weighted by molar-refractivity contribution is 7.98. The van der Waals surface area contributed by atoms with E-state index >= 15 is 0 Å². The molecule has 1 N–H and O–H groups in total. The molecular weight excluding hydrogens is 287 g/mol. The SMILES string of the molecule is CCCNc1cc(N(C)c2cccc(F)c2)nc(SC)n1. The smallest absolute Gasteiger partial charge is 0.191 e. The summed E-state index contributed by atoms with van der Waals surface area (Å²) in [5, 5.41) is 3.95. The Morgan fingerprint density at radius 1 is 1.29 bits per heavy atom. The van der Waals surface area contributed by atoms with E-state index in [1.165, 1.54) is 23.9 Å². The second kappa shape index (κ2) is 7.26. The van der Waals surface area contributed by atoms with Crippen molar-refractivity contribution < 1.29 is 4.39 Å². The van der Waals surface area contributed by atoms with Crippen LogP contribution >= 0.6 is 11.8 Å². The highest BCUT2D eigenvalue weighted by Gasteiger charge is 2.10. The molecule has 2 aromatic rings. The second-order valence-electron chi connectivity index (χ2n) is 4.56. The minimum Gasteiger partial charge on any atom is -0.370 e. The highest BCUT2D eigenvalue weighted by atomic mass is 32.2. The number of rotatable bonds is 6. The highest BCUT2D eigenvalue weighted by Crippen LogP contribution is 2.26. The van der Waals surface area contributed by atoms with Gasteiger partial charge in [0.1, 0.15) is 17.5 Å². The van der Waals surface area contributed by atoms with Crippen molar-refractivity contribution in [2.24, 2.45) is 0 Å². The molecule has 4 nitrogen and oxygen atoms in total. The molecule has 2 rings (SSSR count). The molecule has 0 aliphatic carbocycles. The van der Waals surface area contributed by atoms with Crippen LogP contribution in [0.25, 0.3) is 0 Å². The van der Waals surface area contributed by atoms with Gasteiger partial charge >= 0.3 is 0 Å². The van der Waals surface area contributed by atoms with E-state index in [1.54, 1.807) is 6.07 Å². The van der Waals surface area contributed by atoms with Gasteiger partial charge in [-0.05, 0) is 30.9 Å². The van der Waals surface area contributed by atoms with Crippen molar-refractivity contribution in [3.8, 4) is 0 Å². The molecule has 0 spiro atoms. The number of aromatic nitrogens is 2. The average molecular weight is 306 g/mol. The minimum absolute atomic E-state index is 0.261. The summed E-state index contributed by atoms with van der Waals surface area (Å²) in [4.78, 5) is 10.8. The van der Waals surface area contributed by atoms with E-state index in [1.807, 2.05) is 30.3 Å². The lowest BCUT2D eigenvalue weighted by molar-refractivity contribution is 0.628.